The van der Waals surface area contributed by atoms with Gasteiger partial charge in [0.1, 0.15) is 5.82 Å². The average Bonchev–Trinajstić information content (AvgIpc) is 3.15. The van der Waals surface area contributed by atoms with Crippen molar-refractivity contribution >= 4 is 11.4 Å². The van der Waals surface area contributed by atoms with Gasteiger partial charge in [0.15, 0.2) is 0 Å². The van der Waals surface area contributed by atoms with Gasteiger partial charge in [-0.1, -0.05) is 0 Å². The minimum absolute atomic E-state index is 0.290. The molecule has 0 heterocycles. The molecule has 0 saturated heterocycles. The molecule has 1 aromatic carbocycles. The van der Waals surface area contributed by atoms with Crippen molar-refractivity contribution in [2.75, 3.05) is 30.9 Å². The topological polar surface area (TPSA) is 38.5 Å². The number of ether oxygens (including phenoxy) is 1. The predicted octanol–water partition coefficient (Wildman–Crippen LogP) is 2.66. The molecular weight excluding hydrogens is 231 g/mol. The van der Waals surface area contributed by atoms with E-state index in [2.05, 4.69) is 11.8 Å². The van der Waals surface area contributed by atoms with Crippen LogP contribution >= 0.6 is 0 Å². The Morgan fingerprint density at radius 3 is 2.78 bits per heavy atom. The average molecular weight is 252 g/mol. The maximum Gasteiger partial charge on any atom is 0.125 e. The van der Waals surface area contributed by atoms with Crippen molar-refractivity contribution in [2.45, 2.75) is 25.8 Å². The molecule has 1 saturated carbocycles. The highest BCUT2D eigenvalue weighted by molar-refractivity contribution is 5.68. The first-order valence-corrected chi connectivity index (χ1v) is 6.44. The van der Waals surface area contributed by atoms with E-state index in [1.54, 1.807) is 13.2 Å². The lowest BCUT2D eigenvalue weighted by atomic mass is 10.1. The van der Waals surface area contributed by atoms with Gasteiger partial charge in [0.2, 0.25) is 0 Å². The number of nitrogens with two attached hydrogens (primary N) is 1. The summed E-state index contributed by atoms with van der Waals surface area (Å²) in [5, 5.41) is 0. The summed E-state index contributed by atoms with van der Waals surface area (Å²) in [7, 11) is 1.69. The highest BCUT2D eigenvalue weighted by Gasteiger charge is 2.32. The van der Waals surface area contributed by atoms with Crippen molar-refractivity contribution in [3.8, 4) is 0 Å². The summed E-state index contributed by atoms with van der Waals surface area (Å²) in [4.78, 5) is 2.23. The molecule has 0 spiro atoms. The summed E-state index contributed by atoms with van der Waals surface area (Å²) >= 11 is 0. The van der Waals surface area contributed by atoms with E-state index in [0.717, 1.165) is 18.2 Å². The van der Waals surface area contributed by atoms with Gasteiger partial charge < -0.3 is 15.4 Å². The van der Waals surface area contributed by atoms with E-state index in [1.165, 1.54) is 25.0 Å². The van der Waals surface area contributed by atoms with Crippen molar-refractivity contribution < 1.29 is 9.13 Å². The number of nitrogens with zero attached hydrogens (tertiary/aromatic N) is 1. The quantitative estimate of drug-likeness (QED) is 0.791. The van der Waals surface area contributed by atoms with Crippen LogP contribution in [0.4, 0.5) is 15.8 Å². The normalized spacial score (nSPS) is 16.6. The predicted molar refractivity (Wildman–Crippen MR) is 72.2 cm³/mol. The van der Waals surface area contributed by atoms with Crippen LogP contribution in [-0.2, 0) is 4.74 Å². The second-order valence-electron chi connectivity index (χ2n) is 4.97. The van der Waals surface area contributed by atoms with Crippen molar-refractivity contribution in [1.82, 2.24) is 0 Å². The molecule has 2 rings (SSSR count). The fraction of sp³-hybridized carbons (Fsp3) is 0.571. The summed E-state index contributed by atoms with van der Waals surface area (Å²) in [5.41, 5.74) is 7.34. The molecule has 0 aromatic heterocycles. The zero-order valence-electron chi connectivity index (χ0n) is 11.0. The van der Waals surface area contributed by atoms with E-state index in [1.807, 2.05) is 0 Å². The van der Waals surface area contributed by atoms with Crippen molar-refractivity contribution in [3.05, 3.63) is 24.0 Å². The summed E-state index contributed by atoms with van der Waals surface area (Å²) in [6, 6.07) is 5.03. The van der Waals surface area contributed by atoms with Crippen LogP contribution in [0.25, 0.3) is 0 Å². The van der Waals surface area contributed by atoms with Gasteiger partial charge in [-0.25, -0.2) is 4.39 Å². The number of anilines is 2. The third-order valence-corrected chi connectivity index (χ3v) is 3.63. The van der Waals surface area contributed by atoms with Gasteiger partial charge in [-0.15, -0.1) is 0 Å². The first-order valence-electron chi connectivity index (χ1n) is 6.44. The fourth-order valence-electron chi connectivity index (χ4n) is 2.35. The Morgan fingerprint density at radius 1 is 1.50 bits per heavy atom. The fourth-order valence-corrected chi connectivity index (χ4v) is 2.35. The molecule has 1 fully saturated rings. The molecule has 1 aromatic rings. The molecule has 4 heteroatoms. The number of hydrogen-bond donors (Lipinski definition) is 1. The van der Waals surface area contributed by atoms with Crippen LogP contribution in [0.1, 0.15) is 19.8 Å². The summed E-state index contributed by atoms with van der Waals surface area (Å²) < 4.78 is 18.3. The van der Waals surface area contributed by atoms with Crippen LogP contribution < -0.4 is 10.6 Å². The Labute approximate surface area is 108 Å². The molecule has 0 aliphatic heterocycles. The van der Waals surface area contributed by atoms with E-state index < -0.39 is 0 Å². The molecule has 100 valence electrons. The maximum atomic E-state index is 13.1. The van der Waals surface area contributed by atoms with Crippen molar-refractivity contribution in [2.24, 2.45) is 5.92 Å². The number of nitrogen functional groups attached to an aromatic ring is 1. The zero-order chi connectivity index (χ0) is 13.1. The Morgan fingerprint density at radius 2 is 2.22 bits per heavy atom. The molecule has 18 heavy (non-hydrogen) atoms. The number of rotatable bonds is 6. The van der Waals surface area contributed by atoms with Crippen LogP contribution in [-0.4, -0.2) is 26.3 Å². The van der Waals surface area contributed by atoms with E-state index in [9.17, 15) is 4.39 Å². The Balaban J connectivity index is 2.20. The van der Waals surface area contributed by atoms with Gasteiger partial charge in [0, 0.05) is 19.7 Å². The molecule has 0 bridgehead atoms. The lowest BCUT2D eigenvalue weighted by molar-refractivity contribution is 0.203. The minimum atomic E-state index is -0.290. The molecule has 2 N–H and O–H groups in total. The number of benzene rings is 1. The monoisotopic (exact) mass is 252 g/mol. The highest BCUT2D eigenvalue weighted by Crippen LogP contribution is 2.38. The van der Waals surface area contributed by atoms with Crippen molar-refractivity contribution in [1.29, 1.82) is 0 Å². The maximum absolute atomic E-state index is 13.1. The van der Waals surface area contributed by atoms with Gasteiger partial charge >= 0.3 is 0 Å². The Kier molecular flexibility index (Phi) is 4.07. The number of hydrogen-bond acceptors (Lipinski definition) is 3. The third kappa shape index (κ3) is 2.93. The van der Waals surface area contributed by atoms with E-state index >= 15 is 0 Å². The van der Waals surface area contributed by atoms with Gasteiger partial charge in [0.25, 0.3) is 0 Å². The van der Waals surface area contributed by atoms with Crippen LogP contribution in [0, 0.1) is 11.7 Å². The van der Waals surface area contributed by atoms with Gasteiger partial charge in [-0.3, -0.25) is 0 Å². The highest BCUT2D eigenvalue weighted by atomic mass is 19.1. The summed E-state index contributed by atoms with van der Waals surface area (Å²) in [6.07, 6.45) is 2.54. The van der Waals surface area contributed by atoms with Crippen LogP contribution in [0.15, 0.2) is 18.2 Å². The standard InChI is InChI=1S/C14H21FN2O/c1-10(11-3-4-11)17(7-8-18-2)14-6-5-12(15)9-13(14)16/h5-6,9-11H,3-4,7-8,16H2,1-2H3. The third-order valence-electron chi connectivity index (χ3n) is 3.63. The molecule has 0 amide bonds. The van der Waals surface area contributed by atoms with Crippen LogP contribution in [0.2, 0.25) is 0 Å². The first kappa shape index (κ1) is 13.1. The number of halogens is 1. The van der Waals surface area contributed by atoms with Gasteiger partial charge in [-0.05, 0) is 43.9 Å². The molecule has 3 nitrogen and oxygen atoms in total. The second kappa shape index (κ2) is 5.57. The summed E-state index contributed by atoms with van der Waals surface area (Å²) in [5.74, 6) is 0.438. The largest absolute Gasteiger partial charge is 0.397 e. The molecule has 0 radical (unpaired) electrons. The zero-order valence-corrected chi connectivity index (χ0v) is 11.0. The summed E-state index contributed by atoms with van der Waals surface area (Å²) in [6.45, 7) is 3.63. The Bertz CT molecular complexity index is 407. The SMILES string of the molecule is COCCN(c1ccc(F)cc1N)C(C)C1CC1. The smallest absolute Gasteiger partial charge is 0.125 e. The van der Waals surface area contributed by atoms with E-state index in [4.69, 9.17) is 10.5 Å². The second-order valence-corrected chi connectivity index (χ2v) is 4.97. The molecule has 1 aliphatic carbocycles. The molecule has 1 unspecified atom stereocenters. The van der Waals surface area contributed by atoms with Gasteiger partial charge in [-0.2, -0.15) is 0 Å². The first-order chi connectivity index (χ1) is 8.63. The van der Waals surface area contributed by atoms with Crippen molar-refractivity contribution in [3.63, 3.8) is 0 Å². The van der Waals surface area contributed by atoms with Gasteiger partial charge in [0.05, 0.1) is 18.0 Å². The Hall–Kier alpha value is -1.29. The molecule has 1 atom stereocenters. The lowest BCUT2D eigenvalue weighted by Crippen LogP contribution is -2.37. The lowest BCUT2D eigenvalue weighted by Gasteiger charge is -2.32. The van der Waals surface area contributed by atoms with E-state index in [-0.39, 0.29) is 5.82 Å². The molecule has 1 aliphatic rings. The number of methoxy groups -OCH3 is 1. The van der Waals surface area contributed by atoms with Crippen LogP contribution in [0.5, 0.6) is 0 Å². The minimum Gasteiger partial charge on any atom is -0.397 e. The molecular formula is C14H21FN2O. The van der Waals surface area contributed by atoms with E-state index in [0.29, 0.717) is 18.3 Å². The van der Waals surface area contributed by atoms with Crippen LogP contribution in [0.3, 0.4) is 0 Å².